The van der Waals surface area contributed by atoms with Crippen molar-refractivity contribution in [2.75, 3.05) is 13.1 Å². The van der Waals surface area contributed by atoms with Crippen LogP contribution in [0.2, 0.25) is 0 Å². The standard InChI is InChI=1S/C9H17NO/c1-2-3-4-8-7-10-6-5-9(8)11/h2,8-11H,1,3-7H2. The van der Waals surface area contributed by atoms with Gasteiger partial charge in [-0.1, -0.05) is 6.08 Å². The fraction of sp³-hybridized carbons (Fsp3) is 0.778. The fourth-order valence-corrected chi connectivity index (χ4v) is 1.54. The van der Waals surface area contributed by atoms with Crippen molar-refractivity contribution in [3.8, 4) is 0 Å². The predicted molar refractivity (Wildman–Crippen MR) is 46.4 cm³/mol. The van der Waals surface area contributed by atoms with Gasteiger partial charge < -0.3 is 10.4 Å². The SMILES string of the molecule is C=CCCC1CNCCC1O. The second-order valence-electron chi connectivity index (χ2n) is 3.19. The van der Waals surface area contributed by atoms with E-state index < -0.39 is 0 Å². The summed E-state index contributed by atoms with van der Waals surface area (Å²) >= 11 is 0. The number of aliphatic hydroxyl groups excluding tert-OH is 1. The largest absolute Gasteiger partial charge is 0.393 e. The van der Waals surface area contributed by atoms with Gasteiger partial charge in [0.05, 0.1) is 6.10 Å². The van der Waals surface area contributed by atoms with Crippen molar-refractivity contribution in [2.45, 2.75) is 25.4 Å². The summed E-state index contributed by atoms with van der Waals surface area (Å²) in [6, 6.07) is 0. The predicted octanol–water partition coefficient (Wildman–Crippen LogP) is 0.923. The number of piperidine rings is 1. The maximum Gasteiger partial charge on any atom is 0.0592 e. The maximum absolute atomic E-state index is 9.52. The third-order valence-corrected chi connectivity index (χ3v) is 2.31. The molecule has 0 amide bonds. The summed E-state index contributed by atoms with van der Waals surface area (Å²) in [4.78, 5) is 0. The van der Waals surface area contributed by atoms with Crippen LogP contribution in [0.5, 0.6) is 0 Å². The normalized spacial score (nSPS) is 31.7. The van der Waals surface area contributed by atoms with Crippen LogP contribution in [0, 0.1) is 5.92 Å². The summed E-state index contributed by atoms with van der Waals surface area (Å²) in [5, 5.41) is 12.8. The quantitative estimate of drug-likeness (QED) is 0.594. The van der Waals surface area contributed by atoms with E-state index in [0.717, 1.165) is 32.4 Å². The van der Waals surface area contributed by atoms with E-state index in [2.05, 4.69) is 11.9 Å². The Morgan fingerprint density at radius 3 is 3.09 bits per heavy atom. The zero-order valence-electron chi connectivity index (χ0n) is 6.92. The second kappa shape index (κ2) is 4.52. The van der Waals surface area contributed by atoms with Gasteiger partial charge in [-0.05, 0) is 31.7 Å². The van der Waals surface area contributed by atoms with E-state index >= 15 is 0 Å². The molecule has 1 saturated heterocycles. The van der Waals surface area contributed by atoms with Crippen molar-refractivity contribution in [3.05, 3.63) is 12.7 Å². The minimum atomic E-state index is -0.0869. The zero-order valence-corrected chi connectivity index (χ0v) is 6.92. The molecule has 1 heterocycles. The van der Waals surface area contributed by atoms with Crippen LogP contribution in [-0.4, -0.2) is 24.3 Å². The van der Waals surface area contributed by atoms with Gasteiger partial charge in [-0.25, -0.2) is 0 Å². The van der Waals surface area contributed by atoms with E-state index in [1.54, 1.807) is 0 Å². The first-order valence-corrected chi connectivity index (χ1v) is 4.34. The molecule has 1 fully saturated rings. The van der Waals surface area contributed by atoms with E-state index in [-0.39, 0.29) is 6.10 Å². The van der Waals surface area contributed by atoms with E-state index in [1.807, 2.05) is 6.08 Å². The highest BCUT2D eigenvalue weighted by atomic mass is 16.3. The molecule has 1 aliphatic rings. The molecule has 64 valence electrons. The molecule has 0 saturated carbocycles. The molecule has 0 spiro atoms. The molecule has 0 radical (unpaired) electrons. The first-order valence-electron chi connectivity index (χ1n) is 4.34. The van der Waals surface area contributed by atoms with E-state index in [0.29, 0.717) is 5.92 Å². The van der Waals surface area contributed by atoms with Crippen LogP contribution in [0.15, 0.2) is 12.7 Å². The third kappa shape index (κ3) is 2.64. The molecule has 0 aromatic rings. The Labute approximate surface area is 68.3 Å². The monoisotopic (exact) mass is 155 g/mol. The lowest BCUT2D eigenvalue weighted by Gasteiger charge is -2.27. The first-order chi connectivity index (χ1) is 5.34. The number of rotatable bonds is 3. The Kier molecular flexibility index (Phi) is 3.60. The highest BCUT2D eigenvalue weighted by Gasteiger charge is 2.21. The average Bonchev–Trinajstić information content (AvgIpc) is 2.03. The molecule has 2 unspecified atom stereocenters. The van der Waals surface area contributed by atoms with Gasteiger partial charge in [-0.2, -0.15) is 0 Å². The lowest BCUT2D eigenvalue weighted by Crippen LogP contribution is -2.39. The summed E-state index contributed by atoms with van der Waals surface area (Å²) in [6.07, 6.45) is 4.82. The van der Waals surface area contributed by atoms with Crippen LogP contribution < -0.4 is 5.32 Å². The second-order valence-corrected chi connectivity index (χ2v) is 3.19. The van der Waals surface area contributed by atoms with Crippen LogP contribution in [0.1, 0.15) is 19.3 Å². The van der Waals surface area contributed by atoms with Crippen LogP contribution in [0.4, 0.5) is 0 Å². The average molecular weight is 155 g/mol. The van der Waals surface area contributed by atoms with Gasteiger partial charge in [-0.3, -0.25) is 0 Å². The summed E-state index contributed by atoms with van der Waals surface area (Å²) in [6.45, 7) is 5.60. The molecular weight excluding hydrogens is 138 g/mol. The van der Waals surface area contributed by atoms with Gasteiger partial charge in [0.2, 0.25) is 0 Å². The summed E-state index contributed by atoms with van der Waals surface area (Å²) in [7, 11) is 0. The molecule has 1 aliphatic heterocycles. The van der Waals surface area contributed by atoms with E-state index in [1.165, 1.54) is 0 Å². The van der Waals surface area contributed by atoms with Gasteiger partial charge in [0, 0.05) is 6.54 Å². The van der Waals surface area contributed by atoms with Crippen LogP contribution >= 0.6 is 0 Å². The van der Waals surface area contributed by atoms with Crippen molar-refractivity contribution in [1.82, 2.24) is 5.32 Å². The van der Waals surface area contributed by atoms with Crippen molar-refractivity contribution in [3.63, 3.8) is 0 Å². The van der Waals surface area contributed by atoms with Gasteiger partial charge in [0.25, 0.3) is 0 Å². The molecule has 0 aliphatic carbocycles. The highest BCUT2D eigenvalue weighted by Crippen LogP contribution is 2.16. The fourth-order valence-electron chi connectivity index (χ4n) is 1.54. The van der Waals surface area contributed by atoms with E-state index in [9.17, 15) is 5.11 Å². The lowest BCUT2D eigenvalue weighted by molar-refractivity contribution is 0.0751. The third-order valence-electron chi connectivity index (χ3n) is 2.31. The molecule has 11 heavy (non-hydrogen) atoms. The Morgan fingerprint density at radius 2 is 2.45 bits per heavy atom. The van der Waals surface area contributed by atoms with Crippen LogP contribution in [0.3, 0.4) is 0 Å². The summed E-state index contributed by atoms with van der Waals surface area (Å²) in [5.74, 6) is 0.446. The summed E-state index contributed by atoms with van der Waals surface area (Å²) in [5.41, 5.74) is 0. The topological polar surface area (TPSA) is 32.3 Å². The minimum Gasteiger partial charge on any atom is -0.393 e. The zero-order chi connectivity index (χ0) is 8.10. The molecular formula is C9H17NO. The molecule has 1 rings (SSSR count). The molecule has 2 nitrogen and oxygen atoms in total. The molecule has 2 heteroatoms. The Morgan fingerprint density at radius 1 is 1.64 bits per heavy atom. The van der Waals surface area contributed by atoms with Crippen molar-refractivity contribution in [1.29, 1.82) is 0 Å². The van der Waals surface area contributed by atoms with Crippen molar-refractivity contribution < 1.29 is 5.11 Å². The Hall–Kier alpha value is -0.340. The lowest BCUT2D eigenvalue weighted by atomic mass is 9.92. The van der Waals surface area contributed by atoms with Gasteiger partial charge in [0.15, 0.2) is 0 Å². The van der Waals surface area contributed by atoms with Gasteiger partial charge in [-0.15, -0.1) is 6.58 Å². The number of hydrogen-bond donors (Lipinski definition) is 2. The highest BCUT2D eigenvalue weighted by molar-refractivity contribution is 4.79. The number of aliphatic hydroxyl groups is 1. The molecule has 2 N–H and O–H groups in total. The maximum atomic E-state index is 9.52. The van der Waals surface area contributed by atoms with Gasteiger partial charge >= 0.3 is 0 Å². The van der Waals surface area contributed by atoms with Crippen molar-refractivity contribution in [2.24, 2.45) is 5.92 Å². The number of nitrogens with one attached hydrogen (secondary N) is 1. The number of hydrogen-bond acceptors (Lipinski definition) is 2. The van der Waals surface area contributed by atoms with Crippen LogP contribution in [0.25, 0.3) is 0 Å². The molecule has 0 aromatic carbocycles. The van der Waals surface area contributed by atoms with Crippen LogP contribution in [-0.2, 0) is 0 Å². The summed E-state index contributed by atoms with van der Waals surface area (Å²) < 4.78 is 0. The minimum absolute atomic E-state index is 0.0869. The number of allylic oxidation sites excluding steroid dienone is 1. The van der Waals surface area contributed by atoms with E-state index in [4.69, 9.17) is 0 Å². The molecule has 0 aromatic heterocycles. The Balaban J connectivity index is 2.23. The molecule has 2 atom stereocenters. The van der Waals surface area contributed by atoms with Gasteiger partial charge in [0.1, 0.15) is 0 Å². The Bertz CT molecular complexity index is 125. The smallest absolute Gasteiger partial charge is 0.0592 e. The first kappa shape index (κ1) is 8.75. The molecule has 0 bridgehead atoms. The van der Waals surface area contributed by atoms with Crippen molar-refractivity contribution >= 4 is 0 Å².